The van der Waals surface area contributed by atoms with Gasteiger partial charge in [-0.25, -0.2) is 14.6 Å². The summed E-state index contributed by atoms with van der Waals surface area (Å²) in [6, 6.07) is -1.02. The fourth-order valence-corrected chi connectivity index (χ4v) is 4.78. The predicted octanol–water partition coefficient (Wildman–Crippen LogP) is -0.706. The lowest BCUT2D eigenvalue weighted by molar-refractivity contribution is -0.150. The molecule has 1 saturated heterocycles. The smallest absolute Gasteiger partial charge is 0.404 e. The normalized spacial score (nSPS) is 21.0. The number of allylic oxidation sites excluding steroid dienone is 1. The second-order valence-corrected chi connectivity index (χ2v) is 8.09. The highest BCUT2D eigenvalue weighted by molar-refractivity contribution is 8.00. The van der Waals surface area contributed by atoms with E-state index in [1.165, 1.54) is 29.3 Å². The van der Waals surface area contributed by atoms with E-state index in [0.29, 0.717) is 5.57 Å². The summed E-state index contributed by atoms with van der Waals surface area (Å²) in [5.74, 6) is -2.60. The third-order valence-corrected chi connectivity index (χ3v) is 6.18. The van der Waals surface area contributed by atoms with Gasteiger partial charge in [0.25, 0.3) is 11.8 Å². The van der Waals surface area contributed by atoms with Crippen molar-refractivity contribution in [3.05, 3.63) is 34.5 Å². The van der Waals surface area contributed by atoms with Crippen molar-refractivity contribution in [2.24, 2.45) is 10.9 Å². The minimum atomic E-state index is -1.32. The molecular weight excluding hydrogens is 452 g/mol. The molecule has 7 N–H and O–H groups in total. The van der Waals surface area contributed by atoms with Gasteiger partial charge in [0.1, 0.15) is 29.4 Å². The van der Waals surface area contributed by atoms with E-state index in [1.54, 1.807) is 0 Å². The largest absolute Gasteiger partial charge is 0.477 e. The summed E-state index contributed by atoms with van der Waals surface area (Å²) in [5, 5.41) is 25.0. The molecule has 2 aliphatic rings. The maximum atomic E-state index is 12.6. The van der Waals surface area contributed by atoms with Crippen molar-refractivity contribution in [2.45, 2.75) is 11.4 Å². The van der Waals surface area contributed by atoms with Gasteiger partial charge in [0.05, 0.1) is 0 Å². The highest BCUT2D eigenvalue weighted by atomic mass is 32.2. The number of anilines is 1. The van der Waals surface area contributed by atoms with Gasteiger partial charge in [-0.3, -0.25) is 14.5 Å². The lowest BCUT2D eigenvalue weighted by Gasteiger charge is -2.49. The van der Waals surface area contributed by atoms with Gasteiger partial charge in [-0.2, -0.15) is 0 Å². The number of rotatable bonds is 7. The first-order valence-corrected chi connectivity index (χ1v) is 10.4. The second kappa shape index (κ2) is 9.05. The number of nitrogen functional groups attached to an aromatic ring is 1. The number of carboxylic acid groups (broad SMARTS) is 1. The van der Waals surface area contributed by atoms with Crippen LogP contribution in [0.3, 0.4) is 0 Å². The molecule has 0 spiro atoms. The average Bonchev–Trinajstić information content (AvgIpc) is 3.14. The summed E-state index contributed by atoms with van der Waals surface area (Å²) in [7, 11) is 0. The van der Waals surface area contributed by atoms with Gasteiger partial charge >= 0.3 is 12.1 Å². The van der Waals surface area contributed by atoms with Gasteiger partial charge in [-0.15, -0.1) is 23.1 Å². The molecule has 3 rings (SSSR count). The van der Waals surface area contributed by atoms with E-state index in [-0.39, 0.29) is 28.9 Å². The zero-order valence-electron chi connectivity index (χ0n) is 15.5. The second-order valence-electron chi connectivity index (χ2n) is 6.09. The summed E-state index contributed by atoms with van der Waals surface area (Å²) in [4.78, 5) is 52.3. The molecule has 1 aromatic rings. The van der Waals surface area contributed by atoms with Crippen LogP contribution in [-0.2, 0) is 19.1 Å². The molecule has 2 unspecified atom stereocenters. The van der Waals surface area contributed by atoms with Gasteiger partial charge < -0.3 is 31.8 Å². The Morgan fingerprint density at radius 2 is 2.19 bits per heavy atom. The van der Waals surface area contributed by atoms with Crippen molar-refractivity contribution in [2.75, 3.05) is 18.1 Å². The van der Waals surface area contributed by atoms with Gasteiger partial charge in [-0.05, 0) is 11.6 Å². The van der Waals surface area contributed by atoms with Gasteiger partial charge in [0.2, 0.25) is 0 Å². The van der Waals surface area contributed by atoms with Crippen LogP contribution in [0.4, 0.5) is 9.93 Å². The van der Waals surface area contributed by atoms with Crippen molar-refractivity contribution in [1.29, 1.82) is 0 Å². The molecule has 0 aliphatic carbocycles. The van der Waals surface area contributed by atoms with Crippen LogP contribution in [0, 0.1) is 0 Å². The number of hydrogen-bond acceptors (Lipinski definition) is 11. The summed E-state index contributed by atoms with van der Waals surface area (Å²) >= 11 is 2.27. The Bertz CT molecular complexity index is 1030. The molecular formula is C16H16N6O7S2. The standard InChI is InChI=1S/C16H16N6O7S2/c17-15-19-7(5-31-15)8(21-28)11(23)20-9-12(24)22-10(14(25)26)6(4-30-13(9)22)2-1-3-29-16(18)27/h1-2,5,9,13,28H,3-4H2,(H2,17,19)(H2,18,27)(H,20,23)(H,25,26)/b2-1-,21-8-. The quantitative estimate of drug-likeness (QED) is 0.147. The Hall–Kier alpha value is -3.59. The SMILES string of the molecule is NC(=O)OC/C=C\C1=C(C(=O)O)N2C(=O)C(NC(=O)/C(=N\O)c3csc(N)n3)C2SC1. The first kappa shape index (κ1) is 22.1. The number of nitrogens with one attached hydrogen (secondary N) is 1. The molecule has 1 fully saturated rings. The van der Waals surface area contributed by atoms with Crippen molar-refractivity contribution in [3.8, 4) is 0 Å². The summed E-state index contributed by atoms with van der Waals surface area (Å²) in [6.07, 6.45) is 1.85. The molecule has 164 valence electrons. The fraction of sp³-hybridized carbons (Fsp3) is 0.250. The molecule has 0 radical (unpaired) electrons. The maximum Gasteiger partial charge on any atom is 0.404 e. The van der Waals surface area contributed by atoms with Crippen LogP contribution in [0.25, 0.3) is 0 Å². The summed E-state index contributed by atoms with van der Waals surface area (Å²) in [6.45, 7) is -0.156. The highest BCUT2D eigenvalue weighted by Crippen LogP contribution is 2.40. The zero-order chi connectivity index (χ0) is 22.7. The molecule has 3 heterocycles. The monoisotopic (exact) mass is 468 g/mol. The molecule has 0 aromatic carbocycles. The summed E-state index contributed by atoms with van der Waals surface area (Å²) < 4.78 is 4.55. The number of aliphatic carboxylic acids is 1. The predicted molar refractivity (Wildman–Crippen MR) is 109 cm³/mol. The average molecular weight is 468 g/mol. The van der Waals surface area contributed by atoms with Crippen molar-refractivity contribution < 1.29 is 34.2 Å². The number of ether oxygens (including phenoxy) is 1. The number of carbonyl (C=O) groups excluding carboxylic acids is 3. The van der Waals surface area contributed by atoms with Gasteiger partial charge in [0, 0.05) is 11.1 Å². The van der Waals surface area contributed by atoms with Crippen LogP contribution < -0.4 is 16.8 Å². The molecule has 1 aromatic heterocycles. The number of carboxylic acids is 1. The number of primary amides is 1. The number of amides is 3. The van der Waals surface area contributed by atoms with E-state index < -0.39 is 41.0 Å². The van der Waals surface area contributed by atoms with Crippen molar-refractivity contribution >= 4 is 57.8 Å². The number of hydrogen-bond donors (Lipinski definition) is 5. The molecule has 13 nitrogen and oxygen atoms in total. The number of aromatic nitrogens is 1. The van der Waals surface area contributed by atoms with E-state index in [0.717, 1.165) is 16.2 Å². The number of thiazole rings is 1. The Labute approximate surface area is 182 Å². The topological polar surface area (TPSA) is 211 Å². The minimum absolute atomic E-state index is 0.0409. The molecule has 15 heteroatoms. The Balaban J connectivity index is 1.74. The first-order chi connectivity index (χ1) is 14.7. The van der Waals surface area contributed by atoms with Gasteiger partial charge in [-0.1, -0.05) is 11.2 Å². The van der Waals surface area contributed by atoms with Crippen LogP contribution in [0.5, 0.6) is 0 Å². The Kier molecular flexibility index (Phi) is 6.45. The van der Waals surface area contributed by atoms with Crippen molar-refractivity contribution in [3.63, 3.8) is 0 Å². The number of nitrogens with two attached hydrogens (primary N) is 2. The van der Waals surface area contributed by atoms with Crippen LogP contribution in [0.15, 0.2) is 34.0 Å². The number of β-lactam (4-membered cyclic amide) rings is 1. The summed E-state index contributed by atoms with van der Waals surface area (Å²) in [5.41, 5.74) is 10.1. The molecule has 2 atom stereocenters. The van der Waals surface area contributed by atoms with E-state index >= 15 is 0 Å². The van der Waals surface area contributed by atoms with Crippen LogP contribution in [0.1, 0.15) is 5.69 Å². The Morgan fingerprint density at radius 3 is 2.77 bits per heavy atom. The molecule has 3 amide bonds. The maximum absolute atomic E-state index is 12.6. The van der Waals surface area contributed by atoms with Crippen LogP contribution in [0.2, 0.25) is 0 Å². The third kappa shape index (κ3) is 4.46. The van der Waals surface area contributed by atoms with E-state index in [2.05, 4.69) is 20.2 Å². The zero-order valence-corrected chi connectivity index (χ0v) is 17.2. The number of oxime groups is 1. The number of fused-ring (bicyclic) bond motifs is 1. The van der Waals surface area contributed by atoms with E-state index in [1.807, 2.05) is 0 Å². The van der Waals surface area contributed by atoms with Gasteiger partial charge in [0.15, 0.2) is 10.8 Å². The lowest BCUT2D eigenvalue weighted by atomic mass is 10.0. The van der Waals surface area contributed by atoms with Crippen LogP contribution in [-0.4, -0.2) is 73.6 Å². The number of nitrogens with zero attached hydrogens (tertiary/aromatic N) is 3. The third-order valence-electron chi connectivity index (χ3n) is 4.21. The molecule has 0 saturated carbocycles. The van der Waals surface area contributed by atoms with E-state index in [4.69, 9.17) is 16.7 Å². The number of thioether (sulfide) groups is 1. The number of carbonyl (C=O) groups is 4. The van der Waals surface area contributed by atoms with Crippen LogP contribution >= 0.6 is 23.1 Å². The first-order valence-electron chi connectivity index (χ1n) is 8.48. The molecule has 0 bridgehead atoms. The minimum Gasteiger partial charge on any atom is -0.477 e. The molecule has 31 heavy (non-hydrogen) atoms. The lowest BCUT2D eigenvalue weighted by Crippen LogP contribution is -2.71. The molecule has 2 aliphatic heterocycles. The van der Waals surface area contributed by atoms with E-state index in [9.17, 15) is 24.3 Å². The Morgan fingerprint density at radius 1 is 1.45 bits per heavy atom. The fourth-order valence-electron chi connectivity index (χ4n) is 2.91. The highest BCUT2D eigenvalue weighted by Gasteiger charge is 2.54. The van der Waals surface area contributed by atoms with Crippen molar-refractivity contribution in [1.82, 2.24) is 15.2 Å².